The Hall–Kier alpha value is -2.34. The molecule has 109 valence electrons. The van der Waals surface area contributed by atoms with E-state index in [0.29, 0.717) is 11.8 Å². The van der Waals surface area contributed by atoms with Crippen molar-refractivity contribution in [2.75, 3.05) is 0 Å². The number of rotatable bonds is 4. The molecule has 0 fully saturated rings. The standard InChI is InChI=1S/C22H21/c1-17(19-11-5-3-6-12-19)22(21-15-9-10-16-21)18(2)20-13-7-4-8-14-20/h3-15,17-18H,1-2H3. The van der Waals surface area contributed by atoms with E-state index >= 15 is 0 Å². The third-order valence-corrected chi connectivity index (χ3v) is 4.44. The Labute approximate surface area is 133 Å². The Morgan fingerprint density at radius 1 is 0.773 bits per heavy atom. The Balaban J connectivity index is 2.04. The van der Waals surface area contributed by atoms with E-state index in [0.717, 1.165) is 0 Å². The molecule has 2 unspecified atom stereocenters. The van der Waals surface area contributed by atoms with Gasteiger partial charge in [0.2, 0.25) is 0 Å². The second kappa shape index (κ2) is 6.62. The van der Waals surface area contributed by atoms with E-state index in [2.05, 4.69) is 92.7 Å². The second-order valence-electron chi connectivity index (χ2n) is 5.80. The topological polar surface area (TPSA) is 0 Å². The van der Waals surface area contributed by atoms with Gasteiger partial charge in [-0.25, -0.2) is 0 Å². The number of benzene rings is 2. The van der Waals surface area contributed by atoms with Crippen LogP contribution >= 0.6 is 0 Å². The highest BCUT2D eigenvalue weighted by Gasteiger charge is 2.22. The minimum absolute atomic E-state index is 0.370. The molecule has 2 aromatic rings. The summed E-state index contributed by atoms with van der Waals surface area (Å²) < 4.78 is 0. The van der Waals surface area contributed by atoms with Crippen LogP contribution in [0.2, 0.25) is 0 Å². The summed E-state index contributed by atoms with van der Waals surface area (Å²) in [5.74, 6) is 0.741. The van der Waals surface area contributed by atoms with E-state index in [1.165, 1.54) is 22.3 Å². The first-order valence-corrected chi connectivity index (χ1v) is 7.87. The Kier molecular flexibility index (Phi) is 4.39. The maximum Gasteiger partial charge on any atom is 0.00350 e. The minimum atomic E-state index is 0.370. The van der Waals surface area contributed by atoms with Gasteiger partial charge in [-0.15, -0.1) is 0 Å². The molecule has 2 aromatic carbocycles. The molecule has 0 aromatic heterocycles. The van der Waals surface area contributed by atoms with Crippen molar-refractivity contribution < 1.29 is 0 Å². The molecule has 3 rings (SSSR count). The number of hydrogen-bond acceptors (Lipinski definition) is 0. The van der Waals surface area contributed by atoms with Crippen LogP contribution in [0.1, 0.15) is 36.8 Å². The van der Waals surface area contributed by atoms with Gasteiger partial charge < -0.3 is 0 Å². The van der Waals surface area contributed by atoms with Gasteiger partial charge in [0.1, 0.15) is 0 Å². The van der Waals surface area contributed by atoms with E-state index in [9.17, 15) is 0 Å². The van der Waals surface area contributed by atoms with Crippen LogP contribution in [0.3, 0.4) is 0 Å². The summed E-state index contributed by atoms with van der Waals surface area (Å²) in [4.78, 5) is 0. The molecule has 1 aliphatic carbocycles. The van der Waals surface area contributed by atoms with Crippen LogP contribution in [-0.4, -0.2) is 0 Å². The number of hydrogen-bond donors (Lipinski definition) is 0. The van der Waals surface area contributed by atoms with Crippen molar-refractivity contribution in [2.45, 2.75) is 25.7 Å². The van der Waals surface area contributed by atoms with E-state index in [-0.39, 0.29) is 0 Å². The molecule has 1 aliphatic rings. The van der Waals surface area contributed by atoms with Crippen molar-refractivity contribution >= 4 is 0 Å². The smallest absolute Gasteiger partial charge is 0.00350 e. The SMILES string of the molecule is CC(C(=C1[C]=CC=C1)C(C)c1ccccc1)c1ccccc1. The zero-order chi connectivity index (χ0) is 15.4. The van der Waals surface area contributed by atoms with Gasteiger partial charge >= 0.3 is 0 Å². The van der Waals surface area contributed by atoms with Gasteiger partial charge in [-0.1, -0.05) is 92.7 Å². The summed E-state index contributed by atoms with van der Waals surface area (Å²) in [6.07, 6.45) is 9.66. The van der Waals surface area contributed by atoms with Gasteiger partial charge in [-0.2, -0.15) is 0 Å². The van der Waals surface area contributed by atoms with Crippen molar-refractivity contribution in [3.05, 3.63) is 107 Å². The fourth-order valence-corrected chi connectivity index (χ4v) is 3.19. The molecule has 0 nitrogen and oxygen atoms in total. The van der Waals surface area contributed by atoms with Crippen molar-refractivity contribution in [1.82, 2.24) is 0 Å². The lowest BCUT2D eigenvalue weighted by Crippen LogP contribution is -2.08. The quantitative estimate of drug-likeness (QED) is 0.664. The zero-order valence-corrected chi connectivity index (χ0v) is 13.2. The van der Waals surface area contributed by atoms with Gasteiger partial charge in [0.05, 0.1) is 0 Å². The predicted molar refractivity (Wildman–Crippen MR) is 93.7 cm³/mol. The molecule has 0 heteroatoms. The summed E-state index contributed by atoms with van der Waals surface area (Å²) in [5, 5.41) is 0. The molecule has 0 aliphatic heterocycles. The predicted octanol–water partition coefficient (Wildman–Crippen LogP) is 5.82. The van der Waals surface area contributed by atoms with Crippen LogP contribution in [0.15, 0.2) is 90.0 Å². The van der Waals surface area contributed by atoms with Gasteiger partial charge in [0.15, 0.2) is 0 Å². The summed E-state index contributed by atoms with van der Waals surface area (Å²) in [7, 11) is 0. The van der Waals surface area contributed by atoms with Crippen LogP contribution in [0.4, 0.5) is 0 Å². The lowest BCUT2D eigenvalue weighted by atomic mass is 9.79. The lowest BCUT2D eigenvalue weighted by molar-refractivity contribution is 0.753. The lowest BCUT2D eigenvalue weighted by Gasteiger charge is -2.25. The molecule has 0 saturated heterocycles. The van der Waals surface area contributed by atoms with E-state index in [1.54, 1.807) is 0 Å². The van der Waals surface area contributed by atoms with Crippen LogP contribution in [-0.2, 0) is 0 Å². The molecular formula is C22H21. The molecule has 22 heavy (non-hydrogen) atoms. The summed E-state index contributed by atoms with van der Waals surface area (Å²) >= 11 is 0. The Morgan fingerprint density at radius 3 is 1.68 bits per heavy atom. The molecular weight excluding hydrogens is 264 g/mol. The first kappa shape index (κ1) is 14.6. The van der Waals surface area contributed by atoms with Crippen molar-refractivity contribution in [3.63, 3.8) is 0 Å². The van der Waals surface area contributed by atoms with Crippen LogP contribution in [0.25, 0.3) is 0 Å². The Morgan fingerprint density at radius 2 is 1.27 bits per heavy atom. The first-order chi connectivity index (χ1) is 10.8. The van der Waals surface area contributed by atoms with Crippen molar-refractivity contribution in [2.24, 2.45) is 0 Å². The maximum atomic E-state index is 3.40. The molecule has 1 radical (unpaired) electrons. The first-order valence-electron chi connectivity index (χ1n) is 7.87. The highest BCUT2D eigenvalue weighted by atomic mass is 14.3. The fraction of sp³-hybridized carbons (Fsp3) is 0.182. The average Bonchev–Trinajstić information content (AvgIpc) is 3.10. The van der Waals surface area contributed by atoms with Gasteiger partial charge in [0, 0.05) is 11.8 Å². The largest absolute Gasteiger partial charge is 0.0622 e. The van der Waals surface area contributed by atoms with Crippen molar-refractivity contribution in [3.8, 4) is 0 Å². The zero-order valence-electron chi connectivity index (χ0n) is 13.2. The summed E-state index contributed by atoms with van der Waals surface area (Å²) in [6, 6.07) is 21.5. The Bertz CT molecular complexity index is 641. The highest BCUT2D eigenvalue weighted by Crippen LogP contribution is 2.38. The minimum Gasteiger partial charge on any atom is -0.0622 e. The van der Waals surface area contributed by atoms with Gasteiger partial charge in [-0.3, -0.25) is 0 Å². The monoisotopic (exact) mass is 285 g/mol. The highest BCUT2D eigenvalue weighted by molar-refractivity contribution is 5.48. The maximum absolute atomic E-state index is 3.40. The van der Waals surface area contributed by atoms with Gasteiger partial charge in [-0.05, 0) is 28.3 Å². The van der Waals surface area contributed by atoms with Crippen LogP contribution in [0.5, 0.6) is 0 Å². The van der Waals surface area contributed by atoms with Crippen LogP contribution in [0, 0.1) is 6.08 Å². The third kappa shape index (κ3) is 2.96. The fourth-order valence-electron chi connectivity index (χ4n) is 3.19. The molecule has 0 spiro atoms. The molecule has 0 bridgehead atoms. The molecule has 0 N–H and O–H groups in total. The second-order valence-corrected chi connectivity index (χ2v) is 5.80. The summed E-state index contributed by atoms with van der Waals surface area (Å²) in [6.45, 7) is 4.59. The number of allylic oxidation sites excluding steroid dienone is 6. The van der Waals surface area contributed by atoms with E-state index < -0.39 is 0 Å². The van der Waals surface area contributed by atoms with Gasteiger partial charge in [0.25, 0.3) is 0 Å². The van der Waals surface area contributed by atoms with Crippen LogP contribution < -0.4 is 0 Å². The van der Waals surface area contributed by atoms with E-state index in [4.69, 9.17) is 0 Å². The third-order valence-electron chi connectivity index (χ3n) is 4.44. The van der Waals surface area contributed by atoms with E-state index in [1.807, 2.05) is 6.08 Å². The molecule has 0 saturated carbocycles. The normalized spacial score (nSPS) is 15.8. The summed E-state index contributed by atoms with van der Waals surface area (Å²) in [5.41, 5.74) is 5.37. The van der Waals surface area contributed by atoms with Crippen molar-refractivity contribution in [1.29, 1.82) is 0 Å². The molecule has 0 heterocycles. The molecule has 0 amide bonds. The average molecular weight is 285 g/mol. The molecule has 2 atom stereocenters.